The molecule has 0 spiro atoms. The van der Waals surface area contributed by atoms with Gasteiger partial charge in [-0.25, -0.2) is 8.42 Å². The summed E-state index contributed by atoms with van der Waals surface area (Å²) < 4.78 is 27.4. The van der Waals surface area contributed by atoms with Crippen molar-refractivity contribution >= 4 is 27.3 Å². The van der Waals surface area contributed by atoms with Crippen molar-refractivity contribution in [2.75, 3.05) is 18.8 Å². The maximum absolute atomic E-state index is 12.5. The number of benzene rings is 3. The molecule has 9 nitrogen and oxygen atoms in total. The molecule has 0 unspecified atom stereocenters. The van der Waals surface area contributed by atoms with Crippen LogP contribution in [0, 0.1) is 10.1 Å². The van der Waals surface area contributed by atoms with Gasteiger partial charge in [0, 0.05) is 36.5 Å². The van der Waals surface area contributed by atoms with Crippen molar-refractivity contribution in [3.8, 4) is 0 Å². The molecule has 0 radical (unpaired) electrons. The van der Waals surface area contributed by atoms with Gasteiger partial charge in [0.2, 0.25) is 0 Å². The first-order valence-electron chi connectivity index (χ1n) is 10.0. The number of carbonyl (C=O) groups is 1. The number of nitro benzene ring substituents is 1. The molecule has 3 aromatic rings. The second kappa shape index (κ2) is 10.2. The van der Waals surface area contributed by atoms with Crippen LogP contribution in [0.15, 0.2) is 77.7 Å². The number of rotatable bonds is 9. The smallest absolute Gasteiger partial charge is 0.270 e. The molecule has 0 saturated heterocycles. The highest BCUT2D eigenvalue weighted by Crippen LogP contribution is 2.21. The Morgan fingerprint density at radius 3 is 2.21 bits per heavy atom. The Morgan fingerprint density at radius 1 is 0.970 bits per heavy atom. The maximum atomic E-state index is 12.5. The molecule has 10 heteroatoms. The molecule has 0 aliphatic rings. The molecule has 33 heavy (non-hydrogen) atoms. The fourth-order valence-electron chi connectivity index (χ4n) is 3.08. The molecule has 2 N–H and O–H groups in total. The van der Waals surface area contributed by atoms with Gasteiger partial charge in [0.05, 0.1) is 9.82 Å². The van der Waals surface area contributed by atoms with Crippen LogP contribution in [0.3, 0.4) is 0 Å². The summed E-state index contributed by atoms with van der Waals surface area (Å²) in [5.41, 5.74) is 2.43. The zero-order valence-electron chi connectivity index (χ0n) is 18.2. The number of anilines is 1. The molecule has 0 heterocycles. The van der Waals surface area contributed by atoms with Gasteiger partial charge in [-0.3, -0.25) is 19.6 Å². The minimum atomic E-state index is -4.02. The first-order valence-corrected chi connectivity index (χ1v) is 11.5. The number of amides is 1. The van der Waals surface area contributed by atoms with Gasteiger partial charge in [-0.15, -0.1) is 0 Å². The molecule has 0 fully saturated rings. The lowest BCUT2D eigenvalue weighted by molar-refractivity contribution is -0.385. The number of nitrogens with one attached hydrogen (secondary N) is 2. The van der Waals surface area contributed by atoms with Crippen LogP contribution in [0.1, 0.15) is 21.5 Å². The zero-order valence-corrected chi connectivity index (χ0v) is 19.0. The van der Waals surface area contributed by atoms with Crippen LogP contribution in [0.2, 0.25) is 0 Å². The van der Waals surface area contributed by atoms with E-state index < -0.39 is 14.9 Å². The second-order valence-electron chi connectivity index (χ2n) is 7.67. The first kappa shape index (κ1) is 23.9. The predicted octanol–water partition coefficient (Wildman–Crippen LogP) is 3.39. The zero-order chi connectivity index (χ0) is 24.0. The molecule has 0 bridgehead atoms. The van der Waals surface area contributed by atoms with Crippen LogP contribution in [-0.4, -0.2) is 38.2 Å². The molecule has 1 amide bonds. The molecule has 3 rings (SSSR count). The van der Waals surface area contributed by atoms with E-state index in [2.05, 4.69) is 14.9 Å². The minimum absolute atomic E-state index is 0.227. The average molecular weight is 469 g/mol. The van der Waals surface area contributed by atoms with Crippen molar-refractivity contribution in [1.29, 1.82) is 0 Å². The van der Waals surface area contributed by atoms with E-state index in [4.69, 9.17) is 0 Å². The summed E-state index contributed by atoms with van der Waals surface area (Å²) in [6, 6.07) is 18.6. The molecule has 0 aliphatic heterocycles. The highest BCUT2D eigenvalue weighted by molar-refractivity contribution is 7.92. The Kier molecular flexibility index (Phi) is 7.41. The molecule has 3 aromatic carbocycles. The predicted molar refractivity (Wildman–Crippen MR) is 125 cm³/mol. The Hall–Kier alpha value is -3.76. The van der Waals surface area contributed by atoms with Crippen LogP contribution in [-0.2, 0) is 23.1 Å². The lowest BCUT2D eigenvalue weighted by atomic mass is 10.1. The standard InChI is InChI=1S/C23H24N4O5S/c1-26(2)16-18-8-6-17(7-9-18)15-24-23(28)19-10-12-20(13-11-19)25-33(31,32)22-5-3-4-21(14-22)27(29)30/h3-14,25H,15-16H2,1-2H3,(H,24,28). The van der Waals surface area contributed by atoms with E-state index in [0.29, 0.717) is 12.1 Å². The highest BCUT2D eigenvalue weighted by atomic mass is 32.2. The van der Waals surface area contributed by atoms with Crippen molar-refractivity contribution in [3.05, 3.63) is 99.6 Å². The highest BCUT2D eigenvalue weighted by Gasteiger charge is 2.18. The van der Waals surface area contributed by atoms with Gasteiger partial charge < -0.3 is 10.2 Å². The van der Waals surface area contributed by atoms with E-state index >= 15 is 0 Å². The Morgan fingerprint density at radius 2 is 1.61 bits per heavy atom. The number of nitrogens with zero attached hydrogens (tertiary/aromatic N) is 2. The number of hydrogen-bond acceptors (Lipinski definition) is 6. The average Bonchev–Trinajstić information content (AvgIpc) is 2.78. The summed E-state index contributed by atoms with van der Waals surface area (Å²) in [5.74, 6) is -0.291. The summed E-state index contributed by atoms with van der Waals surface area (Å²) in [7, 11) is -0.0218. The van der Waals surface area contributed by atoms with Gasteiger partial charge in [-0.1, -0.05) is 30.3 Å². The summed E-state index contributed by atoms with van der Waals surface area (Å²) in [6.07, 6.45) is 0. The lowest BCUT2D eigenvalue weighted by Gasteiger charge is -2.11. The van der Waals surface area contributed by atoms with Crippen LogP contribution in [0.5, 0.6) is 0 Å². The molecule has 0 atom stereocenters. The van der Waals surface area contributed by atoms with Crippen molar-refractivity contribution in [1.82, 2.24) is 10.2 Å². The van der Waals surface area contributed by atoms with E-state index in [1.54, 1.807) is 0 Å². The molecular formula is C23H24N4O5S. The van der Waals surface area contributed by atoms with Gasteiger partial charge in [0.15, 0.2) is 0 Å². The summed E-state index contributed by atoms with van der Waals surface area (Å²) in [6.45, 7) is 1.20. The number of nitro groups is 1. The third-order valence-corrected chi connectivity index (χ3v) is 6.09. The molecule has 172 valence electrons. The van der Waals surface area contributed by atoms with E-state index in [1.165, 1.54) is 48.0 Å². The monoisotopic (exact) mass is 468 g/mol. The van der Waals surface area contributed by atoms with Crippen molar-refractivity contribution in [2.45, 2.75) is 18.0 Å². The van der Waals surface area contributed by atoms with Gasteiger partial charge in [0.25, 0.3) is 21.6 Å². The quantitative estimate of drug-likeness (QED) is 0.367. The van der Waals surface area contributed by atoms with Crippen LogP contribution >= 0.6 is 0 Å². The molecule has 0 aromatic heterocycles. The first-order chi connectivity index (χ1) is 15.6. The topological polar surface area (TPSA) is 122 Å². The Balaban J connectivity index is 1.60. The van der Waals surface area contributed by atoms with Gasteiger partial charge in [0.1, 0.15) is 0 Å². The number of carbonyl (C=O) groups excluding carboxylic acids is 1. The van der Waals surface area contributed by atoms with E-state index in [0.717, 1.165) is 18.2 Å². The summed E-state index contributed by atoms with van der Waals surface area (Å²) in [5, 5.41) is 13.7. The normalized spacial score (nSPS) is 11.2. The van der Waals surface area contributed by atoms with Gasteiger partial charge in [-0.2, -0.15) is 0 Å². The number of hydrogen-bond donors (Lipinski definition) is 2. The SMILES string of the molecule is CN(C)Cc1ccc(CNC(=O)c2ccc(NS(=O)(=O)c3cccc([N+](=O)[O-])c3)cc2)cc1. The largest absolute Gasteiger partial charge is 0.348 e. The van der Waals surface area contributed by atoms with Gasteiger partial charge in [-0.05, 0) is 55.6 Å². The van der Waals surface area contributed by atoms with E-state index in [1.807, 2.05) is 38.4 Å². The third kappa shape index (κ3) is 6.61. The Labute approximate surface area is 192 Å². The van der Waals surface area contributed by atoms with Crippen LogP contribution < -0.4 is 10.0 Å². The number of sulfonamides is 1. The van der Waals surface area contributed by atoms with E-state index in [9.17, 15) is 23.3 Å². The maximum Gasteiger partial charge on any atom is 0.270 e. The van der Waals surface area contributed by atoms with Crippen molar-refractivity contribution in [2.24, 2.45) is 0 Å². The lowest BCUT2D eigenvalue weighted by Crippen LogP contribution is -2.22. The molecule has 0 saturated carbocycles. The fraction of sp³-hybridized carbons (Fsp3) is 0.174. The molecule has 0 aliphatic carbocycles. The van der Waals surface area contributed by atoms with Crippen LogP contribution in [0.25, 0.3) is 0 Å². The fourth-order valence-corrected chi connectivity index (χ4v) is 4.18. The third-order valence-electron chi connectivity index (χ3n) is 4.71. The second-order valence-corrected chi connectivity index (χ2v) is 9.36. The van der Waals surface area contributed by atoms with Crippen molar-refractivity contribution in [3.63, 3.8) is 0 Å². The van der Waals surface area contributed by atoms with Crippen molar-refractivity contribution < 1.29 is 18.1 Å². The van der Waals surface area contributed by atoms with Gasteiger partial charge >= 0.3 is 0 Å². The summed E-state index contributed by atoms with van der Waals surface area (Å²) >= 11 is 0. The number of non-ortho nitro benzene ring substituents is 1. The molecular weight excluding hydrogens is 444 g/mol. The van der Waals surface area contributed by atoms with Crippen LogP contribution in [0.4, 0.5) is 11.4 Å². The Bertz CT molecular complexity index is 1240. The summed E-state index contributed by atoms with van der Waals surface area (Å²) in [4.78, 5) is 24.5. The minimum Gasteiger partial charge on any atom is -0.348 e. The van der Waals surface area contributed by atoms with E-state index in [-0.39, 0.29) is 22.2 Å².